The van der Waals surface area contributed by atoms with E-state index in [-0.39, 0.29) is 25.7 Å². The molecule has 0 bridgehead atoms. The van der Waals surface area contributed by atoms with Crippen LogP contribution in [0.2, 0.25) is 0 Å². The van der Waals surface area contributed by atoms with E-state index in [4.69, 9.17) is 10.8 Å². The molecule has 0 rings (SSSR count). The van der Waals surface area contributed by atoms with Crippen LogP contribution >= 0.6 is 0 Å². The fraction of sp³-hybridized carbons (Fsp3) is 0.833. The van der Waals surface area contributed by atoms with Gasteiger partial charge in [0, 0.05) is 6.42 Å². The van der Waals surface area contributed by atoms with Gasteiger partial charge in [-0.05, 0) is 38.6 Å². The van der Waals surface area contributed by atoms with Crippen molar-refractivity contribution in [3.8, 4) is 0 Å². The van der Waals surface area contributed by atoms with Crippen molar-refractivity contribution in [2.45, 2.75) is 50.7 Å². The second-order valence-electron chi connectivity index (χ2n) is 5.11. The number of hydrogen-bond donors (Lipinski definition) is 3. The molecule has 0 aromatic carbocycles. The smallest absolute Gasteiger partial charge is 0.326 e. The molecule has 144 valence electrons. The lowest BCUT2D eigenvalue weighted by atomic mass is 10.1. The van der Waals surface area contributed by atoms with Crippen LogP contribution in [-0.4, -0.2) is 52.5 Å². The number of carboxylic acid groups (broad SMARTS) is 1. The van der Waals surface area contributed by atoms with Crippen LogP contribution in [0.25, 0.3) is 0 Å². The highest BCUT2D eigenvalue weighted by Crippen LogP contribution is 2.08. The molecule has 2 unspecified atom stereocenters. The first-order valence-electron chi connectivity index (χ1n) is 7.57. The summed E-state index contributed by atoms with van der Waals surface area (Å²) in [6.07, 6.45) is 0.153. The molecular weight excluding hydrogens is 344 g/mol. The summed E-state index contributed by atoms with van der Waals surface area (Å²) >= 11 is 0. The first-order valence-corrected chi connectivity index (χ1v) is 7.57. The van der Waals surface area contributed by atoms with Crippen molar-refractivity contribution in [2.75, 3.05) is 13.2 Å². The average Bonchev–Trinajstić information content (AvgIpc) is 2.50. The van der Waals surface area contributed by atoms with Gasteiger partial charge in [-0.25, -0.2) is 4.79 Å². The Kier molecular flexibility index (Phi) is 11.3. The molecule has 4 N–H and O–H groups in total. The van der Waals surface area contributed by atoms with Crippen molar-refractivity contribution in [3.63, 3.8) is 0 Å². The van der Waals surface area contributed by atoms with Gasteiger partial charge in [0.05, 0.1) is 0 Å². The fourth-order valence-corrected chi connectivity index (χ4v) is 1.94. The van der Waals surface area contributed by atoms with Gasteiger partial charge in [-0.2, -0.15) is 0 Å². The zero-order valence-electron chi connectivity index (χ0n) is 13.5. The number of carbonyl (C=O) groups excluding carboxylic acids is 1. The van der Waals surface area contributed by atoms with Crippen molar-refractivity contribution < 1.29 is 34.5 Å². The Morgan fingerprint density at radius 3 is 2.32 bits per heavy atom. The second-order valence-corrected chi connectivity index (χ2v) is 5.11. The van der Waals surface area contributed by atoms with Crippen molar-refractivity contribution >= 4 is 11.9 Å². The summed E-state index contributed by atoms with van der Waals surface area (Å²) in [4.78, 5) is 51.4. The number of carbonyl (C=O) groups is 2. The Labute approximate surface area is 142 Å². The normalized spacial score (nSPS) is 12.7. The van der Waals surface area contributed by atoms with E-state index in [0.29, 0.717) is 19.4 Å². The van der Waals surface area contributed by atoms with E-state index >= 15 is 0 Å². The number of nitrogens with one attached hydrogen (secondary N) is 1. The zero-order chi connectivity index (χ0) is 19.2. The number of unbranched alkanes of at least 4 members (excludes halogenated alkanes) is 1. The van der Waals surface area contributed by atoms with Crippen LogP contribution in [0.5, 0.6) is 0 Å². The molecular formula is C12H22N4O9. The highest BCUT2D eigenvalue weighted by molar-refractivity contribution is 5.83. The minimum Gasteiger partial charge on any atom is -0.480 e. The number of nitrogens with two attached hydrogens (primary N) is 1. The molecule has 1 amide bonds. The SMILES string of the molecule is NCCCCC(NC(=O)CCCC(CO[N+](=O)[O-])O[N+](=O)[O-])C(=O)O. The third-order valence-electron chi connectivity index (χ3n) is 3.11. The molecule has 0 heterocycles. The Balaban J connectivity index is 4.27. The molecule has 0 aromatic heterocycles. The van der Waals surface area contributed by atoms with Crippen molar-refractivity contribution in [1.29, 1.82) is 0 Å². The Bertz CT molecular complexity index is 460. The second kappa shape index (κ2) is 12.7. The molecule has 2 atom stereocenters. The Hall–Kier alpha value is -2.70. The van der Waals surface area contributed by atoms with Crippen molar-refractivity contribution in [1.82, 2.24) is 5.32 Å². The predicted octanol–water partition coefficient (Wildman–Crippen LogP) is -0.360. The largest absolute Gasteiger partial charge is 0.480 e. The third kappa shape index (κ3) is 12.4. The molecule has 0 saturated carbocycles. The minimum absolute atomic E-state index is 0.0485. The molecule has 0 aliphatic rings. The van der Waals surface area contributed by atoms with Gasteiger partial charge in [0.2, 0.25) is 5.91 Å². The lowest BCUT2D eigenvalue weighted by Crippen LogP contribution is -2.40. The van der Waals surface area contributed by atoms with Gasteiger partial charge in [0.15, 0.2) is 0 Å². The highest BCUT2D eigenvalue weighted by Gasteiger charge is 2.20. The lowest BCUT2D eigenvalue weighted by molar-refractivity contribution is -0.790. The van der Waals surface area contributed by atoms with Gasteiger partial charge in [0.1, 0.15) is 18.8 Å². The van der Waals surface area contributed by atoms with E-state index in [1.165, 1.54) is 0 Å². The molecule has 13 heteroatoms. The van der Waals surface area contributed by atoms with E-state index in [9.17, 15) is 29.8 Å². The number of rotatable bonds is 15. The Morgan fingerprint density at radius 1 is 1.12 bits per heavy atom. The van der Waals surface area contributed by atoms with Gasteiger partial charge in [-0.3, -0.25) is 4.79 Å². The molecule has 25 heavy (non-hydrogen) atoms. The van der Waals surface area contributed by atoms with Crippen LogP contribution in [0.15, 0.2) is 0 Å². The zero-order valence-corrected chi connectivity index (χ0v) is 13.5. The van der Waals surface area contributed by atoms with Crippen molar-refractivity contribution in [2.24, 2.45) is 5.73 Å². The molecule has 13 nitrogen and oxygen atoms in total. The third-order valence-corrected chi connectivity index (χ3v) is 3.11. The minimum atomic E-state index is -1.20. The van der Waals surface area contributed by atoms with Gasteiger partial charge in [-0.15, -0.1) is 20.2 Å². The number of nitrogens with zero attached hydrogens (tertiary/aromatic N) is 2. The fourth-order valence-electron chi connectivity index (χ4n) is 1.94. The van der Waals surface area contributed by atoms with Crippen LogP contribution in [-0.2, 0) is 19.3 Å². The van der Waals surface area contributed by atoms with Crippen LogP contribution in [0.1, 0.15) is 38.5 Å². The van der Waals surface area contributed by atoms with Crippen LogP contribution in [0.3, 0.4) is 0 Å². The predicted molar refractivity (Wildman–Crippen MR) is 81.1 cm³/mol. The van der Waals surface area contributed by atoms with Gasteiger partial charge >= 0.3 is 5.97 Å². The van der Waals surface area contributed by atoms with Gasteiger partial charge in [-0.1, -0.05) is 0 Å². The standard InChI is InChI=1S/C12H22N4O9/c13-7-2-1-5-10(12(18)19)14-11(17)6-3-4-9(25-16(22)23)8-24-15(20)21/h9-10H,1-8,13H2,(H,14,17)(H,18,19). The lowest BCUT2D eigenvalue weighted by Gasteiger charge is -2.15. The molecule has 0 fully saturated rings. The summed E-state index contributed by atoms with van der Waals surface area (Å²) in [5, 5.41) is 29.6. The van der Waals surface area contributed by atoms with E-state index in [2.05, 4.69) is 15.0 Å². The van der Waals surface area contributed by atoms with E-state index < -0.39 is 40.8 Å². The highest BCUT2D eigenvalue weighted by atomic mass is 17.0. The molecule has 0 radical (unpaired) electrons. The summed E-state index contributed by atoms with van der Waals surface area (Å²) in [7, 11) is 0. The van der Waals surface area contributed by atoms with Crippen molar-refractivity contribution in [3.05, 3.63) is 20.2 Å². The Morgan fingerprint density at radius 2 is 1.80 bits per heavy atom. The van der Waals surface area contributed by atoms with Crippen LogP contribution < -0.4 is 11.1 Å². The summed E-state index contributed by atoms with van der Waals surface area (Å²) in [5.41, 5.74) is 5.32. The summed E-state index contributed by atoms with van der Waals surface area (Å²) in [5.74, 6) is -1.71. The van der Waals surface area contributed by atoms with Gasteiger partial charge < -0.3 is 25.8 Å². The average molecular weight is 366 g/mol. The number of carboxylic acids is 1. The van der Waals surface area contributed by atoms with E-state index in [0.717, 1.165) is 0 Å². The molecule has 0 saturated heterocycles. The van der Waals surface area contributed by atoms with E-state index in [1.54, 1.807) is 0 Å². The maximum Gasteiger partial charge on any atom is 0.326 e. The number of aliphatic carboxylic acids is 1. The summed E-state index contributed by atoms with van der Waals surface area (Å²) < 4.78 is 0. The monoisotopic (exact) mass is 366 g/mol. The first kappa shape index (κ1) is 22.3. The molecule has 0 aliphatic carbocycles. The topological polar surface area (TPSA) is 197 Å². The maximum absolute atomic E-state index is 11.7. The van der Waals surface area contributed by atoms with E-state index in [1.807, 2.05) is 0 Å². The summed E-state index contributed by atoms with van der Waals surface area (Å²) in [6.45, 7) is -0.225. The molecule has 0 spiro atoms. The first-order chi connectivity index (χ1) is 11.8. The van der Waals surface area contributed by atoms with Gasteiger partial charge in [0.25, 0.3) is 10.2 Å². The quantitative estimate of drug-likeness (QED) is 0.195. The number of amides is 1. The number of hydrogen-bond acceptors (Lipinski definition) is 9. The van der Waals surface area contributed by atoms with Crippen LogP contribution in [0.4, 0.5) is 0 Å². The van der Waals surface area contributed by atoms with Crippen LogP contribution in [0, 0.1) is 20.2 Å². The maximum atomic E-state index is 11.7. The molecule has 0 aromatic rings. The molecule has 0 aliphatic heterocycles. The summed E-state index contributed by atoms with van der Waals surface area (Å²) in [6, 6.07) is -1.04.